The second-order valence-corrected chi connectivity index (χ2v) is 7.77. The highest BCUT2D eigenvalue weighted by atomic mass is 79.9. The molecular weight excluding hydrogens is 493 g/mol. The molecule has 0 saturated carbocycles. The van der Waals surface area contributed by atoms with Crippen molar-refractivity contribution in [1.82, 2.24) is 9.78 Å². The van der Waals surface area contributed by atoms with Crippen molar-refractivity contribution >= 4 is 66.7 Å². The minimum absolute atomic E-state index is 0.233. The molecular formula is C17H11Br2Cl2N3O. The van der Waals surface area contributed by atoms with Crippen molar-refractivity contribution in [3.8, 4) is 0 Å². The zero-order valence-corrected chi connectivity index (χ0v) is 17.3. The van der Waals surface area contributed by atoms with Crippen molar-refractivity contribution in [3.63, 3.8) is 0 Å². The number of halogens is 4. The number of benzene rings is 2. The van der Waals surface area contributed by atoms with Gasteiger partial charge in [0.05, 0.1) is 24.0 Å². The molecule has 1 aromatic heterocycles. The fourth-order valence-corrected chi connectivity index (χ4v) is 4.07. The third-order valence-corrected chi connectivity index (χ3v) is 5.34. The van der Waals surface area contributed by atoms with Crippen LogP contribution in [0.4, 0.5) is 5.69 Å². The highest BCUT2D eigenvalue weighted by molar-refractivity contribution is 9.11. The molecule has 8 heteroatoms. The monoisotopic (exact) mass is 501 g/mol. The van der Waals surface area contributed by atoms with Gasteiger partial charge in [-0.2, -0.15) is 5.10 Å². The van der Waals surface area contributed by atoms with Gasteiger partial charge in [0, 0.05) is 25.2 Å². The van der Waals surface area contributed by atoms with E-state index in [2.05, 4.69) is 42.3 Å². The zero-order valence-electron chi connectivity index (χ0n) is 12.6. The number of carbonyl (C=O) groups is 1. The van der Waals surface area contributed by atoms with Gasteiger partial charge in [-0.25, -0.2) is 0 Å². The number of nitrogens with one attached hydrogen (secondary N) is 1. The summed E-state index contributed by atoms with van der Waals surface area (Å²) in [5.41, 5.74) is 2.01. The molecule has 0 fully saturated rings. The Kier molecular flexibility index (Phi) is 5.84. The van der Waals surface area contributed by atoms with Crippen LogP contribution in [-0.4, -0.2) is 15.7 Å². The predicted molar refractivity (Wildman–Crippen MR) is 108 cm³/mol. The SMILES string of the molecule is O=C(Nc1cnn(Cc2ccc(Cl)cc2Cl)c1)c1c(Br)cccc1Br. The third kappa shape index (κ3) is 4.44. The van der Waals surface area contributed by atoms with Gasteiger partial charge >= 0.3 is 0 Å². The Hall–Kier alpha value is -1.34. The number of nitrogens with zero attached hydrogens (tertiary/aromatic N) is 2. The smallest absolute Gasteiger partial charge is 0.258 e. The first-order chi connectivity index (χ1) is 11.9. The first-order valence-corrected chi connectivity index (χ1v) is 9.50. The van der Waals surface area contributed by atoms with Gasteiger partial charge in [0.15, 0.2) is 0 Å². The first kappa shape index (κ1) is 18.5. The molecule has 0 spiro atoms. The van der Waals surface area contributed by atoms with Crippen LogP contribution in [-0.2, 0) is 6.54 Å². The van der Waals surface area contributed by atoms with Gasteiger partial charge in [-0.1, -0.05) is 35.3 Å². The molecule has 1 heterocycles. The summed E-state index contributed by atoms with van der Waals surface area (Å²) in [5.74, 6) is -0.233. The molecule has 0 aliphatic carbocycles. The average molecular weight is 504 g/mol. The van der Waals surface area contributed by atoms with E-state index >= 15 is 0 Å². The van der Waals surface area contributed by atoms with Crippen LogP contribution in [0.1, 0.15) is 15.9 Å². The molecule has 128 valence electrons. The van der Waals surface area contributed by atoms with E-state index in [1.54, 1.807) is 29.2 Å². The molecule has 3 rings (SSSR count). The van der Waals surface area contributed by atoms with Crippen LogP contribution in [0.25, 0.3) is 0 Å². The predicted octanol–water partition coefficient (Wildman–Crippen LogP) is 6.02. The van der Waals surface area contributed by atoms with Crippen molar-refractivity contribution in [3.05, 3.63) is 78.9 Å². The molecule has 25 heavy (non-hydrogen) atoms. The van der Waals surface area contributed by atoms with Crippen molar-refractivity contribution < 1.29 is 4.79 Å². The van der Waals surface area contributed by atoms with E-state index < -0.39 is 0 Å². The lowest BCUT2D eigenvalue weighted by molar-refractivity contribution is 0.102. The molecule has 4 nitrogen and oxygen atoms in total. The quantitative estimate of drug-likeness (QED) is 0.473. The molecule has 3 aromatic rings. The number of aromatic nitrogens is 2. The maximum Gasteiger partial charge on any atom is 0.258 e. The number of hydrogen-bond donors (Lipinski definition) is 1. The van der Waals surface area contributed by atoms with E-state index in [1.807, 2.05) is 24.3 Å². The molecule has 0 unspecified atom stereocenters. The molecule has 0 aliphatic heterocycles. The number of rotatable bonds is 4. The Morgan fingerprint density at radius 2 is 1.88 bits per heavy atom. The van der Waals surface area contributed by atoms with E-state index in [9.17, 15) is 4.79 Å². The van der Waals surface area contributed by atoms with Crippen LogP contribution < -0.4 is 5.32 Å². The van der Waals surface area contributed by atoms with Crippen molar-refractivity contribution in [2.45, 2.75) is 6.54 Å². The van der Waals surface area contributed by atoms with Crippen molar-refractivity contribution in [1.29, 1.82) is 0 Å². The van der Waals surface area contributed by atoms with E-state index in [0.717, 1.165) is 5.56 Å². The second-order valence-electron chi connectivity index (χ2n) is 5.21. The number of amides is 1. The summed E-state index contributed by atoms with van der Waals surface area (Å²) in [4.78, 5) is 12.5. The lowest BCUT2D eigenvalue weighted by atomic mass is 10.2. The highest BCUT2D eigenvalue weighted by Crippen LogP contribution is 2.26. The van der Waals surface area contributed by atoms with Gasteiger partial charge in [0.1, 0.15) is 0 Å². The lowest BCUT2D eigenvalue weighted by Gasteiger charge is -2.07. The normalized spacial score (nSPS) is 10.7. The van der Waals surface area contributed by atoms with Crippen molar-refractivity contribution in [2.24, 2.45) is 0 Å². The Morgan fingerprint density at radius 1 is 1.16 bits per heavy atom. The maximum absolute atomic E-state index is 12.5. The Morgan fingerprint density at radius 3 is 2.56 bits per heavy atom. The molecule has 2 aromatic carbocycles. The fraction of sp³-hybridized carbons (Fsp3) is 0.0588. The van der Waals surface area contributed by atoms with Gasteiger partial charge in [0.25, 0.3) is 5.91 Å². The minimum atomic E-state index is -0.233. The third-order valence-electron chi connectivity index (χ3n) is 3.43. The summed E-state index contributed by atoms with van der Waals surface area (Å²) in [6.07, 6.45) is 3.33. The van der Waals surface area contributed by atoms with Crippen LogP contribution >= 0.6 is 55.1 Å². The minimum Gasteiger partial charge on any atom is -0.319 e. The van der Waals surface area contributed by atoms with Gasteiger partial charge in [0.2, 0.25) is 0 Å². The Labute approximate surface area is 171 Å². The van der Waals surface area contributed by atoms with E-state index in [0.29, 0.717) is 36.8 Å². The summed E-state index contributed by atoms with van der Waals surface area (Å²) < 4.78 is 3.11. The first-order valence-electron chi connectivity index (χ1n) is 7.16. The summed E-state index contributed by atoms with van der Waals surface area (Å²) in [7, 11) is 0. The fourth-order valence-electron chi connectivity index (χ4n) is 2.25. The largest absolute Gasteiger partial charge is 0.319 e. The van der Waals surface area contributed by atoms with E-state index in [-0.39, 0.29) is 5.91 Å². The Bertz CT molecular complexity index is 923. The molecule has 1 amide bonds. The average Bonchev–Trinajstić information content (AvgIpc) is 2.97. The van der Waals surface area contributed by atoms with Gasteiger partial charge in [-0.15, -0.1) is 0 Å². The summed E-state index contributed by atoms with van der Waals surface area (Å²) >= 11 is 18.9. The maximum atomic E-state index is 12.5. The number of carbonyl (C=O) groups excluding carboxylic acids is 1. The van der Waals surface area contributed by atoms with Crippen LogP contribution in [0.5, 0.6) is 0 Å². The lowest BCUT2D eigenvalue weighted by Crippen LogP contribution is -2.13. The van der Waals surface area contributed by atoms with Gasteiger partial charge < -0.3 is 5.32 Å². The summed E-state index contributed by atoms with van der Waals surface area (Å²) in [5, 5.41) is 8.25. The second kappa shape index (κ2) is 7.91. The molecule has 0 radical (unpaired) electrons. The van der Waals surface area contributed by atoms with Crippen LogP contribution in [0.15, 0.2) is 57.7 Å². The van der Waals surface area contributed by atoms with Crippen LogP contribution in [0.2, 0.25) is 10.0 Å². The number of hydrogen-bond acceptors (Lipinski definition) is 2. The van der Waals surface area contributed by atoms with Crippen LogP contribution in [0, 0.1) is 0 Å². The molecule has 0 atom stereocenters. The van der Waals surface area contributed by atoms with Gasteiger partial charge in [-0.3, -0.25) is 9.48 Å². The van der Waals surface area contributed by atoms with Gasteiger partial charge in [-0.05, 0) is 61.7 Å². The summed E-state index contributed by atoms with van der Waals surface area (Å²) in [6.45, 7) is 0.477. The highest BCUT2D eigenvalue weighted by Gasteiger charge is 2.15. The Balaban J connectivity index is 1.74. The zero-order chi connectivity index (χ0) is 18.0. The molecule has 0 saturated heterocycles. The van der Waals surface area contributed by atoms with E-state index in [1.165, 1.54) is 0 Å². The molecule has 1 N–H and O–H groups in total. The number of anilines is 1. The van der Waals surface area contributed by atoms with E-state index in [4.69, 9.17) is 23.2 Å². The molecule has 0 bridgehead atoms. The van der Waals surface area contributed by atoms with Crippen molar-refractivity contribution in [2.75, 3.05) is 5.32 Å². The van der Waals surface area contributed by atoms with Crippen LogP contribution in [0.3, 0.4) is 0 Å². The standard InChI is InChI=1S/C17H11Br2Cl2N3O/c18-13-2-1-3-14(19)16(13)17(25)23-12-7-22-24(9-12)8-10-4-5-11(20)6-15(10)21/h1-7,9H,8H2,(H,23,25). The summed E-state index contributed by atoms with van der Waals surface area (Å²) in [6, 6.07) is 10.8. The molecule has 0 aliphatic rings. The topological polar surface area (TPSA) is 46.9 Å².